The van der Waals surface area contributed by atoms with E-state index in [4.69, 9.17) is 52.4 Å². The number of ether oxygens (including phenoxy) is 7. The van der Waals surface area contributed by atoms with E-state index in [-0.39, 0.29) is 25.4 Å². The van der Waals surface area contributed by atoms with E-state index in [0.717, 1.165) is 129 Å². The van der Waals surface area contributed by atoms with Gasteiger partial charge in [0.1, 0.15) is 72.5 Å². The molecule has 6 aromatic rings. The Labute approximate surface area is 605 Å². The van der Waals surface area contributed by atoms with E-state index in [1.807, 2.05) is 131 Å². The zero-order valence-electron chi connectivity index (χ0n) is 56.5. The number of nitrogens with zero attached hydrogens (tertiary/aromatic N) is 4. The van der Waals surface area contributed by atoms with Crippen molar-refractivity contribution < 1.29 is 71.2 Å². The number of aliphatic hydroxyl groups is 2. The van der Waals surface area contributed by atoms with Crippen molar-refractivity contribution in [2.45, 2.75) is 65.3 Å². The van der Waals surface area contributed by atoms with E-state index in [0.29, 0.717) is 45.3 Å². The highest BCUT2D eigenvalue weighted by Gasteiger charge is 2.24. The third-order valence-electron chi connectivity index (χ3n) is 12.9. The van der Waals surface area contributed by atoms with Gasteiger partial charge in [0.05, 0.1) is 40.5 Å². The number of likely N-dealkylation sites (N-methyl/N-ethyl adjacent to an activating group) is 2. The van der Waals surface area contributed by atoms with Gasteiger partial charge in [-0.1, -0.05) is 63.7 Å². The van der Waals surface area contributed by atoms with Crippen LogP contribution in [0.25, 0.3) is 0 Å². The first-order chi connectivity index (χ1) is 46.0. The zero-order chi connectivity index (χ0) is 70.1. The van der Waals surface area contributed by atoms with Crippen LogP contribution >= 0.6 is 76.0 Å². The molecule has 0 spiro atoms. The maximum atomic E-state index is 11.9. The minimum atomic E-state index is -0.533. The standard InChI is InChI=1S/C18H29N3O3.C13H18N2O2.C12H16BrNO3.C9H12BrNO.C9H11BrO4S.C8H9BrO2/c1-18(2,3)24-17(22)20(4)13-14-23-16-7-5-15(6-8-16)21-11-9-19-10-12-21;16-9-12-8-10-7-11(1-2-13(10)17-12)15-5-3-14-4-6-15;1-12(2,3)16-11(15)14(4)17-10-7-5-9(13)6-8-10;1-11-6-7-12-9-4-2-8(10)3-5-9;1-11-14-15-13-7-6-12-9-4-2-8(10)3-5-9;9-7-1-3-8(4-2-7)11-6-5-10/h5-8,19H,9-14H2,1-4H3;1-2,7,12,14,16H,3-6,8-9H2;5-8H,1-4H3;2-5,11H,6-7H2,1H3;2-5H,6-7H2,1H3;1-4,10H,5-6H2. The molecule has 22 nitrogen and oxygen atoms in total. The number of hydrogen-bond donors (Lipinski definition) is 5. The quantitative estimate of drug-likeness (QED) is 0.0174. The molecule has 530 valence electrons. The summed E-state index contributed by atoms with van der Waals surface area (Å²) in [5, 5.41) is 28.3. The summed E-state index contributed by atoms with van der Waals surface area (Å²) in [6, 6.07) is 44.5. The first-order valence-electron chi connectivity index (χ1n) is 31.3. The molecule has 9 rings (SSSR count). The monoisotopic (exact) mass is 1610 g/mol. The second kappa shape index (κ2) is 46.5. The normalized spacial score (nSPS) is 13.8. The van der Waals surface area contributed by atoms with Gasteiger partial charge in [-0.3, -0.25) is 4.18 Å². The van der Waals surface area contributed by atoms with Crippen LogP contribution in [0, 0.1) is 0 Å². The maximum absolute atomic E-state index is 11.9. The average Bonchev–Trinajstić information content (AvgIpc) is 1.82. The molecule has 3 aliphatic heterocycles. The summed E-state index contributed by atoms with van der Waals surface area (Å²) < 4.78 is 51.2. The van der Waals surface area contributed by atoms with Gasteiger partial charge in [0.15, 0.2) is 18.1 Å². The summed E-state index contributed by atoms with van der Waals surface area (Å²) in [4.78, 5) is 39.4. The molecular formula is C69H95Br4N7O15S. The van der Waals surface area contributed by atoms with Gasteiger partial charge in [-0.05, 0) is 194 Å². The van der Waals surface area contributed by atoms with Gasteiger partial charge in [0, 0.05) is 102 Å². The molecule has 0 saturated carbocycles. The fourth-order valence-electron chi connectivity index (χ4n) is 8.26. The number of benzene rings is 6. The number of anilines is 2. The fourth-order valence-corrected chi connectivity index (χ4v) is 9.54. The highest BCUT2D eigenvalue weighted by atomic mass is 79.9. The van der Waals surface area contributed by atoms with Crippen LogP contribution in [0.4, 0.5) is 21.0 Å². The second-order valence-electron chi connectivity index (χ2n) is 23.0. The Morgan fingerprint density at radius 1 is 0.583 bits per heavy atom. The minimum absolute atomic E-state index is 0.0517. The third-order valence-corrected chi connectivity index (χ3v) is 15.5. The van der Waals surface area contributed by atoms with Crippen LogP contribution in [0.2, 0.25) is 0 Å². The number of rotatable bonds is 23. The van der Waals surface area contributed by atoms with Crippen molar-refractivity contribution in [2.75, 3.05) is 150 Å². The average molecular weight is 1610 g/mol. The lowest BCUT2D eigenvalue weighted by Crippen LogP contribution is -2.43. The number of carbonyl (C=O) groups is 2. The number of fused-ring (bicyclic) bond motifs is 1. The summed E-state index contributed by atoms with van der Waals surface area (Å²) >= 11 is 14.1. The number of amides is 2. The van der Waals surface area contributed by atoms with Gasteiger partial charge < -0.3 is 78.9 Å². The van der Waals surface area contributed by atoms with Crippen LogP contribution in [-0.2, 0) is 29.3 Å². The SMILES string of the molecule is CN(CCOc1ccc(N2CCNCC2)cc1)C(=O)OC(C)(C)C.CN(Oc1ccc(Br)cc1)C(=O)OC(C)(C)C.CNCCOc1ccc(Br)cc1.COOSOCCOc1ccc(Br)cc1.OCC1Cc2cc(N3CCNCC3)ccc2O1.OCCOc1ccc(Br)cc1. The first-order valence-corrected chi connectivity index (χ1v) is 35.1. The number of nitrogens with one attached hydrogen (secondary N) is 3. The number of aliphatic hydroxyl groups excluding tert-OH is 2. The second-order valence-corrected chi connectivity index (χ2v) is 27.2. The maximum Gasteiger partial charge on any atom is 0.443 e. The van der Waals surface area contributed by atoms with Gasteiger partial charge >= 0.3 is 12.2 Å². The Morgan fingerprint density at radius 2 is 1.01 bits per heavy atom. The van der Waals surface area contributed by atoms with E-state index < -0.39 is 17.3 Å². The largest absolute Gasteiger partial charge is 0.492 e. The molecule has 27 heteroatoms. The summed E-state index contributed by atoms with van der Waals surface area (Å²) in [5.41, 5.74) is 2.70. The molecule has 0 aliphatic carbocycles. The Bertz CT molecular complexity index is 3060. The van der Waals surface area contributed by atoms with E-state index in [1.165, 1.54) is 36.0 Å². The fraction of sp³-hybridized carbons (Fsp3) is 0.449. The van der Waals surface area contributed by atoms with Crippen molar-refractivity contribution in [1.82, 2.24) is 25.9 Å². The highest BCUT2D eigenvalue weighted by Crippen LogP contribution is 2.33. The zero-order valence-corrected chi connectivity index (χ0v) is 63.7. The number of carbonyl (C=O) groups excluding carboxylic acids is 2. The number of piperazine rings is 2. The molecule has 2 fully saturated rings. The number of hydroxylamine groups is 2. The van der Waals surface area contributed by atoms with Crippen molar-refractivity contribution in [3.05, 3.63) is 163 Å². The van der Waals surface area contributed by atoms with Crippen LogP contribution < -0.4 is 54.3 Å². The summed E-state index contributed by atoms with van der Waals surface area (Å²) in [6.45, 7) is 23.2. The van der Waals surface area contributed by atoms with E-state index in [9.17, 15) is 9.59 Å². The molecule has 2 saturated heterocycles. The van der Waals surface area contributed by atoms with Gasteiger partial charge in [-0.25, -0.2) is 14.5 Å². The van der Waals surface area contributed by atoms with Gasteiger partial charge in [0.2, 0.25) is 0 Å². The topological polar surface area (TPSA) is 225 Å². The molecule has 1 unspecified atom stereocenters. The van der Waals surface area contributed by atoms with Crippen molar-refractivity contribution in [3.8, 4) is 34.5 Å². The minimum Gasteiger partial charge on any atom is -0.492 e. The summed E-state index contributed by atoms with van der Waals surface area (Å²) in [6.07, 6.45) is -0.0879. The Balaban J connectivity index is 0.000000250. The smallest absolute Gasteiger partial charge is 0.443 e. The Kier molecular flexibility index (Phi) is 40.0. The van der Waals surface area contributed by atoms with Gasteiger partial charge in [-0.15, -0.1) is 9.40 Å². The molecule has 1 atom stereocenters. The van der Waals surface area contributed by atoms with E-state index in [2.05, 4.69) is 123 Å². The van der Waals surface area contributed by atoms with Crippen molar-refractivity contribution in [3.63, 3.8) is 0 Å². The molecule has 96 heavy (non-hydrogen) atoms. The van der Waals surface area contributed by atoms with Crippen LogP contribution in [0.5, 0.6) is 34.5 Å². The van der Waals surface area contributed by atoms with Crippen LogP contribution in [0.15, 0.2) is 157 Å². The number of hydrogen-bond acceptors (Lipinski definition) is 21. The first kappa shape index (κ1) is 82.6. The van der Waals surface area contributed by atoms with Gasteiger partial charge in [-0.2, -0.15) is 0 Å². The Morgan fingerprint density at radius 3 is 1.47 bits per heavy atom. The molecule has 6 aromatic carbocycles. The van der Waals surface area contributed by atoms with E-state index >= 15 is 0 Å². The lowest BCUT2D eigenvalue weighted by Gasteiger charge is -2.29. The molecule has 5 N–H and O–H groups in total. The molecular weight excluding hydrogens is 1520 g/mol. The van der Waals surface area contributed by atoms with E-state index in [1.54, 1.807) is 40.0 Å². The molecule has 0 aromatic heterocycles. The lowest BCUT2D eigenvalue weighted by molar-refractivity contribution is -0.166. The van der Waals surface area contributed by atoms with Crippen molar-refractivity contribution >= 4 is 99.6 Å². The molecule has 0 bridgehead atoms. The molecule has 3 aliphatic rings. The van der Waals surface area contributed by atoms with Crippen molar-refractivity contribution in [2.24, 2.45) is 0 Å². The van der Waals surface area contributed by atoms with Crippen LogP contribution in [0.1, 0.15) is 47.1 Å². The highest BCUT2D eigenvalue weighted by molar-refractivity contribution is 9.11. The lowest BCUT2D eigenvalue weighted by atomic mass is 10.1. The summed E-state index contributed by atoms with van der Waals surface area (Å²) in [7, 11) is 6.54. The molecule has 3 heterocycles. The predicted molar refractivity (Wildman–Crippen MR) is 393 cm³/mol. The summed E-state index contributed by atoms with van der Waals surface area (Å²) in [5.74, 6) is 4.81. The third kappa shape index (κ3) is 36.2. The van der Waals surface area contributed by atoms with Crippen molar-refractivity contribution in [1.29, 1.82) is 0 Å². The molecule has 2 amide bonds. The number of halogens is 4. The molecule has 0 radical (unpaired) electrons. The van der Waals surface area contributed by atoms with Gasteiger partial charge in [0.25, 0.3) is 0 Å². The Hall–Kier alpha value is -5.79. The van der Waals surface area contributed by atoms with Crippen LogP contribution in [-0.4, -0.2) is 190 Å². The predicted octanol–water partition coefficient (Wildman–Crippen LogP) is 13.2. The van der Waals surface area contributed by atoms with Crippen LogP contribution in [0.3, 0.4) is 0 Å².